The van der Waals surface area contributed by atoms with Gasteiger partial charge in [-0.05, 0) is 77.0 Å². The number of rotatable bonds is 55. The Morgan fingerprint density at radius 2 is 0.779 bits per heavy atom. The third-order valence-corrected chi connectivity index (χ3v) is 14.7. The van der Waals surface area contributed by atoms with E-state index in [0.717, 1.165) is 83.5 Å². The molecule has 0 aliphatic carbocycles. The Morgan fingerprint density at radius 3 is 1.21 bits per heavy atom. The molecule has 448 valence electrons. The number of carboxylic acids is 1. The third kappa shape index (κ3) is 43.4. The monoisotopic (exact) mass is 1090 g/mol. The topological polar surface area (TPSA) is 175 Å². The molecule has 0 bridgehead atoms. The summed E-state index contributed by atoms with van der Waals surface area (Å²) in [6.45, 7) is 5.97. The second-order valence-electron chi connectivity index (χ2n) is 22.0. The van der Waals surface area contributed by atoms with Crippen LogP contribution in [0, 0.1) is 0 Å². The first-order valence-corrected chi connectivity index (χ1v) is 32.0. The van der Waals surface area contributed by atoms with Gasteiger partial charge in [-0.25, -0.2) is 4.79 Å². The van der Waals surface area contributed by atoms with E-state index in [1.807, 2.05) is 0 Å². The molecule has 1 rings (SSSR count). The number of carbonyl (C=O) groups is 4. The summed E-state index contributed by atoms with van der Waals surface area (Å²) in [5, 5.41) is 31.5. The van der Waals surface area contributed by atoms with Gasteiger partial charge in [0, 0.05) is 19.3 Å². The lowest BCUT2D eigenvalue weighted by Crippen LogP contribution is -2.61. The summed E-state index contributed by atoms with van der Waals surface area (Å²) >= 11 is 0. The standard InChI is InChI=1S/C65H116O12/c1-4-7-10-13-16-19-21-23-25-27-29-31-33-35-37-40-42-45-48-51-57(66)73-54-56(75-58(67)52-49-46-43-39-18-15-12-9-6-3)55-74-65-63(61(70)60(69)62(77-65)64(71)72)76-59(68)53-50-47-44-41-38-36-34-32-30-28-26-24-22-20-17-14-11-8-5-2/h16,19,23-26,56,60-63,65,69-70H,4-15,17-18,20-22,27-55H2,1-3H3,(H,71,72)/b19-16-,25-23-,26-24-. The van der Waals surface area contributed by atoms with Crippen LogP contribution >= 0.6 is 0 Å². The Hall–Kier alpha value is -3.06. The van der Waals surface area contributed by atoms with Crippen LogP contribution in [0.4, 0.5) is 0 Å². The second kappa shape index (κ2) is 53.6. The minimum absolute atomic E-state index is 0.0616. The fraction of sp³-hybridized carbons (Fsp3) is 0.846. The van der Waals surface area contributed by atoms with Crippen LogP contribution in [0.25, 0.3) is 0 Å². The van der Waals surface area contributed by atoms with Crippen molar-refractivity contribution in [2.75, 3.05) is 13.2 Å². The molecule has 0 aromatic rings. The molecule has 1 saturated heterocycles. The van der Waals surface area contributed by atoms with Crippen LogP contribution in [-0.2, 0) is 42.9 Å². The molecule has 12 heteroatoms. The second-order valence-corrected chi connectivity index (χ2v) is 22.0. The van der Waals surface area contributed by atoms with Gasteiger partial charge in [-0.1, -0.05) is 243 Å². The number of carboxylic acid groups (broad SMARTS) is 1. The lowest BCUT2D eigenvalue weighted by molar-refractivity contribution is -0.301. The number of allylic oxidation sites excluding steroid dienone is 6. The summed E-state index contributed by atoms with van der Waals surface area (Å²) in [5.74, 6) is -3.10. The summed E-state index contributed by atoms with van der Waals surface area (Å²) in [6, 6.07) is 0. The van der Waals surface area contributed by atoms with Gasteiger partial charge in [-0.15, -0.1) is 0 Å². The van der Waals surface area contributed by atoms with Crippen LogP contribution in [0.2, 0.25) is 0 Å². The van der Waals surface area contributed by atoms with Crippen molar-refractivity contribution in [2.24, 2.45) is 0 Å². The minimum Gasteiger partial charge on any atom is -0.479 e. The predicted octanol–water partition coefficient (Wildman–Crippen LogP) is 16.8. The summed E-state index contributed by atoms with van der Waals surface area (Å²) in [6.07, 6.45) is 51.2. The van der Waals surface area contributed by atoms with E-state index in [0.29, 0.717) is 19.3 Å². The van der Waals surface area contributed by atoms with Gasteiger partial charge < -0.3 is 39.0 Å². The number of esters is 3. The molecule has 1 heterocycles. The van der Waals surface area contributed by atoms with Crippen LogP contribution < -0.4 is 0 Å². The average Bonchev–Trinajstić information content (AvgIpc) is 3.42. The van der Waals surface area contributed by atoms with E-state index in [2.05, 4.69) is 57.2 Å². The van der Waals surface area contributed by atoms with Crippen LogP contribution in [0.3, 0.4) is 0 Å². The van der Waals surface area contributed by atoms with Crippen molar-refractivity contribution >= 4 is 23.9 Å². The third-order valence-electron chi connectivity index (χ3n) is 14.7. The highest BCUT2D eigenvalue weighted by Gasteiger charge is 2.50. The van der Waals surface area contributed by atoms with Gasteiger partial charge in [0.2, 0.25) is 0 Å². The first kappa shape index (κ1) is 72.0. The van der Waals surface area contributed by atoms with Gasteiger partial charge >= 0.3 is 23.9 Å². The molecule has 0 saturated carbocycles. The first-order chi connectivity index (χ1) is 37.6. The highest BCUT2D eigenvalue weighted by molar-refractivity contribution is 5.74. The lowest BCUT2D eigenvalue weighted by Gasteiger charge is -2.40. The predicted molar refractivity (Wildman–Crippen MR) is 313 cm³/mol. The molecule has 0 amide bonds. The van der Waals surface area contributed by atoms with Gasteiger partial charge in [-0.2, -0.15) is 0 Å². The fourth-order valence-corrected chi connectivity index (χ4v) is 9.75. The van der Waals surface area contributed by atoms with Crippen LogP contribution in [-0.4, -0.2) is 89.2 Å². The van der Waals surface area contributed by atoms with Crippen molar-refractivity contribution in [2.45, 2.75) is 340 Å². The zero-order chi connectivity index (χ0) is 56.1. The van der Waals surface area contributed by atoms with E-state index in [4.69, 9.17) is 23.7 Å². The van der Waals surface area contributed by atoms with Crippen molar-refractivity contribution in [3.63, 3.8) is 0 Å². The molecule has 12 nitrogen and oxygen atoms in total. The molecule has 6 atom stereocenters. The first-order valence-electron chi connectivity index (χ1n) is 32.0. The number of aliphatic carboxylic acids is 1. The quantitative estimate of drug-likeness (QED) is 0.0228. The Balaban J connectivity index is 2.58. The zero-order valence-corrected chi connectivity index (χ0v) is 49.5. The van der Waals surface area contributed by atoms with E-state index < -0.39 is 67.3 Å². The van der Waals surface area contributed by atoms with Crippen LogP contribution in [0.15, 0.2) is 36.5 Å². The van der Waals surface area contributed by atoms with E-state index in [1.165, 1.54) is 161 Å². The zero-order valence-electron chi connectivity index (χ0n) is 49.5. The number of aliphatic hydroxyl groups excluding tert-OH is 2. The van der Waals surface area contributed by atoms with Crippen molar-refractivity contribution in [3.05, 3.63) is 36.5 Å². The Morgan fingerprint density at radius 1 is 0.429 bits per heavy atom. The minimum atomic E-state index is -1.90. The molecular weight excluding hydrogens is 973 g/mol. The molecule has 77 heavy (non-hydrogen) atoms. The number of hydrogen-bond acceptors (Lipinski definition) is 11. The molecule has 0 aromatic heterocycles. The molecule has 0 radical (unpaired) electrons. The Kier molecular flexibility index (Phi) is 50.1. The summed E-state index contributed by atoms with van der Waals surface area (Å²) in [7, 11) is 0. The van der Waals surface area contributed by atoms with Gasteiger partial charge in [0.15, 0.2) is 24.6 Å². The highest BCUT2D eigenvalue weighted by atomic mass is 16.7. The lowest BCUT2D eigenvalue weighted by atomic mass is 9.98. The molecule has 1 aliphatic rings. The smallest absolute Gasteiger partial charge is 0.335 e. The van der Waals surface area contributed by atoms with Crippen molar-refractivity contribution < 1.29 is 58.2 Å². The largest absolute Gasteiger partial charge is 0.479 e. The maximum absolute atomic E-state index is 13.1. The molecule has 1 aliphatic heterocycles. The van der Waals surface area contributed by atoms with Gasteiger partial charge in [0.1, 0.15) is 18.8 Å². The van der Waals surface area contributed by atoms with E-state index >= 15 is 0 Å². The molecule has 0 aromatic carbocycles. The van der Waals surface area contributed by atoms with E-state index in [-0.39, 0.29) is 25.9 Å². The van der Waals surface area contributed by atoms with E-state index in [9.17, 15) is 34.5 Å². The number of ether oxygens (including phenoxy) is 5. The van der Waals surface area contributed by atoms with Crippen molar-refractivity contribution in [1.82, 2.24) is 0 Å². The molecule has 3 N–H and O–H groups in total. The number of carbonyl (C=O) groups excluding carboxylic acids is 3. The van der Waals surface area contributed by atoms with Crippen molar-refractivity contribution in [1.29, 1.82) is 0 Å². The van der Waals surface area contributed by atoms with E-state index in [1.54, 1.807) is 0 Å². The molecule has 0 spiro atoms. The molecular formula is C65H116O12. The van der Waals surface area contributed by atoms with Gasteiger partial charge in [-0.3, -0.25) is 14.4 Å². The summed E-state index contributed by atoms with van der Waals surface area (Å²) < 4.78 is 28.5. The molecule has 6 unspecified atom stereocenters. The highest BCUT2D eigenvalue weighted by Crippen LogP contribution is 2.27. The normalized spacial score (nSPS) is 18.2. The van der Waals surface area contributed by atoms with Crippen LogP contribution in [0.1, 0.15) is 303 Å². The summed E-state index contributed by atoms with van der Waals surface area (Å²) in [5.41, 5.74) is 0. The Bertz CT molecular complexity index is 1480. The van der Waals surface area contributed by atoms with Crippen molar-refractivity contribution in [3.8, 4) is 0 Å². The maximum Gasteiger partial charge on any atom is 0.335 e. The number of unbranched alkanes of at least 4 members (excludes halogenated alkanes) is 35. The van der Waals surface area contributed by atoms with Gasteiger partial charge in [0.05, 0.1) is 6.61 Å². The SMILES string of the molecule is CCCCC/C=C\C/C=C\CCCCCCCCCCCC(=O)OCC(COC1OC(C(=O)O)C(O)C(O)C1OC(=O)CCCCCCCCCCC/C=C\CCCCCCCC)OC(=O)CCCCCCCCCCC. The molecule has 1 fully saturated rings. The number of hydrogen-bond donors (Lipinski definition) is 3. The fourth-order valence-electron chi connectivity index (χ4n) is 9.75. The van der Waals surface area contributed by atoms with Crippen LogP contribution in [0.5, 0.6) is 0 Å². The summed E-state index contributed by atoms with van der Waals surface area (Å²) in [4.78, 5) is 51.1. The average molecular weight is 1090 g/mol. The number of aliphatic hydroxyl groups is 2. The maximum atomic E-state index is 13.1. The Labute approximate surface area is 470 Å². The van der Waals surface area contributed by atoms with Gasteiger partial charge in [0.25, 0.3) is 0 Å².